The molecule has 52 nitrogen and oxygen atoms in total. The Hall–Kier alpha value is -13.2. The Kier molecular flexibility index (Phi) is 37.8. The molecule has 10 aromatic rings. The highest BCUT2D eigenvalue weighted by atomic mass is 31.3. The van der Waals surface area contributed by atoms with Gasteiger partial charge in [0.1, 0.15) is 41.1 Å². The number of nitrogens with zero attached hydrogens (tertiary/aromatic N) is 3. The van der Waals surface area contributed by atoms with E-state index in [1.165, 1.54) is 66.7 Å². The van der Waals surface area contributed by atoms with Crippen LogP contribution in [0, 0.1) is 6.92 Å². The molecule has 13 rings (SSSR count). The predicted molar refractivity (Wildman–Crippen MR) is 476 cm³/mol. The zero-order valence-electron chi connectivity index (χ0n) is 72.8. The van der Waals surface area contributed by atoms with Gasteiger partial charge in [0.05, 0.1) is 37.4 Å². The summed E-state index contributed by atoms with van der Waals surface area (Å²) in [4.78, 5) is 243. The minimum Gasteiger partial charge on any atom is -0.778 e. The zero-order valence-corrected chi connectivity index (χ0v) is 78.1. The van der Waals surface area contributed by atoms with Crippen LogP contribution >= 0.6 is 46.3 Å². The van der Waals surface area contributed by atoms with Crippen LogP contribution in [0.3, 0.4) is 0 Å². The van der Waals surface area contributed by atoms with Gasteiger partial charge in [-0.3, -0.25) is 95.7 Å². The van der Waals surface area contributed by atoms with Gasteiger partial charge in [-0.25, -0.2) is 43.2 Å². The summed E-state index contributed by atoms with van der Waals surface area (Å²) in [5.74, 6) is -3.47. The summed E-state index contributed by atoms with van der Waals surface area (Å²) in [7, 11) is -32.2. The standard InChI is InChI=1S/C31H32N4O13P2.C26H31N5O13P2.C26H26N2O15P2/c1-20-10-8-9-11-21(20)19-49(40,41)48-50(42,43)44-18-24-26(46-30(38)32-22-12-4-2-5-13-22)27(47-31(39)33-23-14-6-3-7-15-23)28(45-24)35-17-16-25(36)34-29(35)37;27-13-7-15-45(36,37)44-46(38,39)40-16-19-21(42-25(34)28-17-8-3-1-4-9-17)22(43-26(35)29-18-10-5-2-6-11-18)23(41-19)31-14-12-20(32)30-24(31)33;29-19-11-13-28(26(34)27-19)23-22(42-25(33)17-9-5-2-6-10-17)21(41-24(32)16-7-3-1-4-8-16)18(40-23)15-39-45(37,38)43-44(35,36)14-12-20(30)31/h2-17,24,26-28H,18-19H2,1H3,(H,32,38)(H,33,39)(H,40,41)(H,42,43)(H,34,36,37);1-6,8-12,14,19,21-23H,7,13,15-16,27H2,(H,28,34)(H,29,35)(H,36,37)(H,38,39)(H,30,32,33);1-11,13,18,21-23H,12,14-15H2,(H,30,31)(H,35,36)(H,37,38)(H,27,29,34)/p-6/t24-,26+,27?,28-;19-,21+,22?,23-;18-,21+,22?,23-/m111/s1. The molecule has 9 unspecified atom stereocenters. The highest BCUT2D eigenvalue weighted by Crippen LogP contribution is 2.59. The second-order valence-corrected chi connectivity index (χ2v) is 40.1. The molecule has 752 valence electrons. The van der Waals surface area contributed by atoms with E-state index in [9.17, 15) is 119 Å². The summed E-state index contributed by atoms with van der Waals surface area (Å²) < 4.78 is 155. The Balaban J connectivity index is 0.000000202. The number of H-pyrrole nitrogens is 3. The zero-order chi connectivity index (χ0) is 102. The molecule has 4 amide bonds. The molecule has 10 N–H and O–H groups in total. The summed E-state index contributed by atoms with van der Waals surface area (Å²) in [6.07, 6.45) is -25.0. The molecular weight excluding hydrogens is 1990 g/mol. The van der Waals surface area contributed by atoms with Crippen molar-refractivity contribution in [2.45, 2.75) is 99.5 Å². The number of anilines is 4. The van der Waals surface area contributed by atoms with Crippen molar-refractivity contribution < 1.29 is 165 Å². The third-order valence-electron chi connectivity index (χ3n) is 19.5. The molecule has 0 spiro atoms. The van der Waals surface area contributed by atoms with Gasteiger partial charge in [-0.05, 0) is 104 Å². The normalized spacial score (nSPS) is 21.6. The molecule has 3 aromatic heterocycles. The van der Waals surface area contributed by atoms with E-state index in [-0.39, 0.29) is 24.1 Å². The molecule has 58 heteroatoms. The molecule has 3 aliphatic rings. The number of amides is 4. The van der Waals surface area contributed by atoms with E-state index in [1.807, 2.05) is 15.0 Å². The first kappa shape index (κ1) is 108. The Bertz CT molecular complexity index is 6740. The second kappa shape index (κ2) is 49.3. The number of carboxylic acid groups (broad SMARTS) is 1. The largest absolute Gasteiger partial charge is 0.778 e. The van der Waals surface area contributed by atoms with Gasteiger partial charge in [0, 0.05) is 78.0 Å². The topological polar surface area (TPSA) is 758 Å². The number of aromatic amines is 3. The Morgan fingerprint density at radius 3 is 0.965 bits per heavy atom. The molecule has 6 heterocycles. The van der Waals surface area contributed by atoms with Crippen molar-refractivity contribution in [2.75, 3.05) is 60.0 Å². The van der Waals surface area contributed by atoms with Gasteiger partial charge in [-0.2, -0.15) is 0 Å². The smallest absolute Gasteiger partial charge is 0.412 e. The van der Waals surface area contributed by atoms with Crippen molar-refractivity contribution in [3.63, 3.8) is 0 Å². The molecule has 0 bridgehead atoms. The lowest BCUT2D eigenvalue weighted by atomic mass is 10.1. The molecule has 0 aliphatic carbocycles. The lowest BCUT2D eigenvalue weighted by Gasteiger charge is -2.32. The number of nitrogens with one attached hydrogen (secondary N) is 7. The van der Waals surface area contributed by atoms with E-state index in [1.54, 1.807) is 146 Å². The molecule has 3 fully saturated rings. The van der Waals surface area contributed by atoms with Crippen molar-refractivity contribution in [1.82, 2.24) is 28.7 Å². The van der Waals surface area contributed by atoms with Crippen molar-refractivity contribution in [1.29, 1.82) is 0 Å². The monoisotopic (exact) mass is 2080 g/mol. The maximum atomic E-state index is 13.1. The summed E-state index contributed by atoms with van der Waals surface area (Å²) in [5.41, 5.74) is 2.04. The quantitative estimate of drug-likeness (QED) is 0.0144. The van der Waals surface area contributed by atoms with Crippen LogP contribution in [0.4, 0.5) is 41.9 Å². The van der Waals surface area contributed by atoms with Gasteiger partial charge >= 0.3 is 59.4 Å². The summed E-state index contributed by atoms with van der Waals surface area (Å²) >= 11 is 0. The molecule has 141 heavy (non-hydrogen) atoms. The third-order valence-corrected chi connectivity index (χ3v) is 28.7. The summed E-state index contributed by atoms with van der Waals surface area (Å²) in [6, 6.07) is 56.3. The fourth-order valence-corrected chi connectivity index (χ4v) is 21.1. The van der Waals surface area contributed by atoms with E-state index in [2.05, 4.69) is 34.2 Å². The van der Waals surface area contributed by atoms with Crippen molar-refractivity contribution >= 4 is 111 Å². The number of nitrogens with two attached hydrogens (primary N) is 1. The van der Waals surface area contributed by atoms with Crippen molar-refractivity contribution in [3.05, 3.63) is 328 Å². The van der Waals surface area contributed by atoms with Crippen LogP contribution in [0.15, 0.2) is 272 Å². The van der Waals surface area contributed by atoms with Crippen LogP contribution in [0.25, 0.3) is 0 Å². The van der Waals surface area contributed by atoms with E-state index < -0.39 is 241 Å². The number of hydrogen-bond acceptors (Lipinski definition) is 41. The Labute approximate surface area is 793 Å². The number of benzene rings is 7. The van der Waals surface area contributed by atoms with Gasteiger partial charge in [-0.1, -0.05) is 133 Å². The number of aromatic nitrogens is 6. The number of esters is 2. The average Bonchev–Trinajstić information content (AvgIpc) is 1.64. The highest BCUT2D eigenvalue weighted by molar-refractivity contribution is 7.63. The number of aryl methyl sites for hydroxylation is 1. The van der Waals surface area contributed by atoms with Gasteiger partial charge in [-0.15, -0.1) is 0 Å². The molecule has 0 radical (unpaired) electrons. The third kappa shape index (κ3) is 33.0. The van der Waals surface area contributed by atoms with E-state index in [4.69, 9.17) is 67.0 Å². The van der Waals surface area contributed by atoms with E-state index in [0.29, 0.717) is 33.9 Å². The van der Waals surface area contributed by atoms with Gasteiger partial charge < -0.3 is 110 Å². The van der Waals surface area contributed by atoms with Crippen LogP contribution in [-0.4, -0.2) is 170 Å². The fourth-order valence-electron chi connectivity index (χ4n) is 13.2. The number of rotatable bonds is 38. The lowest BCUT2D eigenvalue weighted by Crippen LogP contribution is -2.44. The number of carbonyl (C=O) groups excluding carboxylic acids is 6. The maximum absolute atomic E-state index is 13.1. The van der Waals surface area contributed by atoms with Crippen LogP contribution in [0.5, 0.6) is 0 Å². The van der Waals surface area contributed by atoms with Crippen LogP contribution < -0.4 is 90.1 Å². The summed E-state index contributed by atoms with van der Waals surface area (Å²) in [5, 5.41) is 18.5. The first-order chi connectivity index (χ1) is 66.9. The number of carbonyl (C=O) groups is 7. The minimum absolute atomic E-state index is 0.0264. The number of phosphoric ester groups is 3. The number of hydrogen-bond donors (Lipinski definition) is 9. The number of ether oxygens (including phenoxy) is 9. The fraction of sp³-hybridized carbons (Fsp3) is 0.265. The van der Waals surface area contributed by atoms with Crippen LogP contribution in [-0.2, 0) is 107 Å². The Morgan fingerprint density at radius 1 is 0.376 bits per heavy atom. The molecular formula is C83H83N11O41P6-6. The molecule has 0 saturated carbocycles. The molecule has 18 atom stereocenters. The molecule has 7 aromatic carbocycles. The predicted octanol–water partition coefficient (Wildman–Crippen LogP) is 4.72. The number of para-hydroxylation sites is 4. The van der Waals surface area contributed by atoms with Crippen LogP contribution in [0.2, 0.25) is 0 Å². The van der Waals surface area contributed by atoms with Crippen molar-refractivity contribution in [3.8, 4) is 0 Å². The van der Waals surface area contributed by atoms with Crippen LogP contribution in [0.1, 0.15) is 63.4 Å². The molecule has 3 aliphatic heterocycles. The van der Waals surface area contributed by atoms with Gasteiger partial charge in [0.25, 0.3) is 40.1 Å². The SMILES string of the molecule is Cc1ccccc1CP(=O)([O-])OP(=O)([O-])OC[C@H]1O[C@@H](n2ccc(=O)[nH]c2=O)C(OC(=O)Nc2ccccc2)[C@H]1OC(=O)Nc1ccccc1.NCCCP(=O)([O-])OP(=O)([O-])OC[C@H]1O[C@@H](n2ccc(=O)[nH]c2=O)C(OC(=O)Nc2ccccc2)[C@H]1OC(=O)Nc1ccccc1.O=C(O)CCP(=O)([O-])OP(=O)([O-])OC[C@H]1O[C@@H](n2ccc(=O)[nH]c2=O)C(OC(=O)c2ccccc2)[C@H]1OC(=O)c1ccccc1. The van der Waals surface area contributed by atoms with Gasteiger partial charge in [0.15, 0.2) is 55.3 Å². The maximum Gasteiger partial charge on any atom is 0.412 e. The first-order valence-electron chi connectivity index (χ1n) is 41.3. The van der Waals surface area contributed by atoms with Crippen molar-refractivity contribution in [2.24, 2.45) is 5.73 Å². The van der Waals surface area contributed by atoms with E-state index in [0.717, 1.165) is 50.5 Å². The number of carboxylic acids is 1. The first-order valence-corrected chi connectivity index (χ1v) is 50.9. The number of aliphatic carboxylic acids is 1. The summed E-state index contributed by atoms with van der Waals surface area (Å²) in [6.45, 7) is -1.58. The Morgan fingerprint density at radius 2 is 0.652 bits per heavy atom. The van der Waals surface area contributed by atoms with E-state index >= 15 is 0 Å². The molecule has 3 saturated heterocycles. The highest BCUT2D eigenvalue weighted by Gasteiger charge is 2.55. The average molecular weight is 2080 g/mol. The minimum atomic E-state index is -5.71. The van der Waals surface area contributed by atoms with Gasteiger partial charge in [0.2, 0.25) is 0 Å². The number of phosphoric acid groups is 3. The lowest BCUT2D eigenvalue weighted by molar-refractivity contribution is -0.236. The second-order valence-electron chi connectivity index (χ2n) is 29.8.